The SMILES string of the molecule is CCCNCC(C)C(C)Cc1ccn(C(CC)CC)n1. The van der Waals surface area contributed by atoms with E-state index in [4.69, 9.17) is 5.10 Å². The highest BCUT2D eigenvalue weighted by Crippen LogP contribution is 2.18. The number of nitrogens with one attached hydrogen (secondary N) is 1. The van der Waals surface area contributed by atoms with Gasteiger partial charge in [0.2, 0.25) is 0 Å². The first kappa shape index (κ1) is 17.2. The zero-order valence-corrected chi connectivity index (χ0v) is 14.0. The maximum absolute atomic E-state index is 4.77. The topological polar surface area (TPSA) is 29.9 Å². The first-order valence-corrected chi connectivity index (χ1v) is 8.37. The maximum Gasteiger partial charge on any atom is 0.0627 e. The van der Waals surface area contributed by atoms with Crippen LogP contribution in [0.1, 0.15) is 65.6 Å². The van der Waals surface area contributed by atoms with Crippen molar-refractivity contribution in [2.75, 3.05) is 13.1 Å². The molecule has 0 aromatic carbocycles. The van der Waals surface area contributed by atoms with Crippen LogP contribution < -0.4 is 5.32 Å². The summed E-state index contributed by atoms with van der Waals surface area (Å²) in [6.07, 6.45) is 6.76. The second-order valence-corrected chi connectivity index (χ2v) is 6.12. The quantitative estimate of drug-likeness (QED) is 0.655. The predicted molar refractivity (Wildman–Crippen MR) is 87.0 cm³/mol. The van der Waals surface area contributed by atoms with Gasteiger partial charge in [-0.3, -0.25) is 4.68 Å². The Kier molecular flexibility index (Phi) is 7.90. The molecule has 0 amide bonds. The standard InChI is InChI=1S/C17H33N3/c1-6-10-18-13-15(5)14(4)12-16-9-11-20(19-16)17(7-2)8-3/h9,11,14-15,17-18H,6-8,10,12-13H2,1-5H3. The molecule has 0 saturated carbocycles. The number of rotatable bonds is 10. The summed E-state index contributed by atoms with van der Waals surface area (Å²) >= 11 is 0. The van der Waals surface area contributed by atoms with Crippen LogP contribution in [-0.4, -0.2) is 22.9 Å². The molecule has 116 valence electrons. The Morgan fingerprint density at radius 1 is 1.15 bits per heavy atom. The van der Waals surface area contributed by atoms with E-state index < -0.39 is 0 Å². The van der Waals surface area contributed by atoms with Crippen LogP contribution >= 0.6 is 0 Å². The summed E-state index contributed by atoms with van der Waals surface area (Å²) in [5.74, 6) is 1.37. The Hall–Kier alpha value is -0.830. The van der Waals surface area contributed by atoms with E-state index in [9.17, 15) is 0 Å². The van der Waals surface area contributed by atoms with Gasteiger partial charge in [-0.2, -0.15) is 5.10 Å². The van der Waals surface area contributed by atoms with Gasteiger partial charge in [-0.1, -0.05) is 34.6 Å². The van der Waals surface area contributed by atoms with Crippen molar-refractivity contribution in [3.8, 4) is 0 Å². The number of aromatic nitrogens is 2. The smallest absolute Gasteiger partial charge is 0.0627 e. The van der Waals surface area contributed by atoms with Crippen molar-refractivity contribution < 1.29 is 0 Å². The Balaban J connectivity index is 2.47. The molecule has 1 aromatic rings. The fourth-order valence-electron chi connectivity index (χ4n) is 2.59. The van der Waals surface area contributed by atoms with Crippen molar-refractivity contribution in [2.45, 2.75) is 66.3 Å². The van der Waals surface area contributed by atoms with Crippen LogP contribution in [-0.2, 0) is 6.42 Å². The van der Waals surface area contributed by atoms with Crippen molar-refractivity contribution >= 4 is 0 Å². The molecule has 2 atom stereocenters. The zero-order chi connectivity index (χ0) is 15.0. The molecule has 1 N–H and O–H groups in total. The minimum atomic E-state index is 0.558. The zero-order valence-electron chi connectivity index (χ0n) is 14.0. The molecule has 20 heavy (non-hydrogen) atoms. The molecule has 0 fully saturated rings. The highest BCUT2D eigenvalue weighted by molar-refractivity contribution is 5.01. The first-order chi connectivity index (χ1) is 9.62. The molecule has 0 saturated heterocycles. The van der Waals surface area contributed by atoms with Crippen molar-refractivity contribution in [3.63, 3.8) is 0 Å². The third-order valence-corrected chi connectivity index (χ3v) is 4.38. The minimum Gasteiger partial charge on any atom is -0.316 e. The summed E-state index contributed by atoms with van der Waals surface area (Å²) in [7, 11) is 0. The average Bonchev–Trinajstić information content (AvgIpc) is 2.88. The van der Waals surface area contributed by atoms with Gasteiger partial charge >= 0.3 is 0 Å². The van der Waals surface area contributed by atoms with E-state index in [0.717, 1.165) is 32.4 Å². The van der Waals surface area contributed by atoms with Crippen LogP contribution in [0.2, 0.25) is 0 Å². The molecular weight excluding hydrogens is 246 g/mol. The molecule has 0 radical (unpaired) electrons. The lowest BCUT2D eigenvalue weighted by Crippen LogP contribution is -2.26. The Bertz CT molecular complexity index is 355. The fourth-order valence-corrected chi connectivity index (χ4v) is 2.59. The normalized spacial score (nSPS) is 14.7. The van der Waals surface area contributed by atoms with Crippen molar-refractivity contribution in [2.24, 2.45) is 11.8 Å². The number of hydrogen-bond acceptors (Lipinski definition) is 2. The number of nitrogens with zero attached hydrogens (tertiary/aromatic N) is 2. The van der Waals surface area contributed by atoms with E-state index in [1.807, 2.05) is 0 Å². The van der Waals surface area contributed by atoms with Gasteiger partial charge in [0.25, 0.3) is 0 Å². The lowest BCUT2D eigenvalue weighted by molar-refractivity contribution is 0.359. The van der Waals surface area contributed by atoms with Gasteiger partial charge < -0.3 is 5.32 Å². The van der Waals surface area contributed by atoms with Crippen LogP contribution in [0.25, 0.3) is 0 Å². The molecule has 1 aromatic heterocycles. The van der Waals surface area contributed by atoms with E-state index in [1.54, 1.807) is 0 Å². The van der Waals surface area contributed by atoms with Crippen LogP contribution in [0.5, 0.6) is 0 Å². The van der Waals surface area contributed by atoms with Gasteiger partial charge in [-0.15, -0.1) is 0 Å². The van der Waals surface area contributed by atoms with E-state index in [1.165, 1.54) is 12.1 Å². The Morgan fingerprint density at radius 3 is 2.45 bits per heavy atom. The molecule has 2 unspecified atom stereocenters. The third kappa shape index (κ3) is 5.28. The van der Waals surface area contributed by atoms with Crippen LogP contribution in [0.3, 0.4) is 0 Å². The Labute approximate surface area is 125 Å². The van der Waals surface area contributed by atoms with Gasteiger partial charge in [0.1, 0.15) is 0 Å². The van der Waals surface area contributed by atoms with Crippen molar-refractivity contribution in [1.82, 2.24) is 15.1 Å². The molecular formula is C17H33N3. The molecule has 1 rings (SSSR count). The molecule has 3 heteroatoms. The molecule has 0 bridgehead atoms. The highest BCUT2D eigenvalue weighted by Gasteiger charge is 2.15. The van der Waals surface area contributed by atoms with Crippen molar-refractivity contribution in [3.05, 3.63) is 18.0 Å². The van der Waals surface area contributed by atoms with Crippen molar-refractivity contribution in [1.29, 1.82) is 0 Å². The molecule has 0 aliphatic rings. The maximum atomic E-state index is 4.77. The minimum absolute atomic E-state index is 0.558. The third-order valence-electron chi connectivity index (χ3n) is 4.38. The van der Waals surface area contributed by atoms with E-state index in [0.29, 0.717) is 17.9 Å². The van der Waals surface area contributed by atoms with Gasteiger partial charge in [0.15, 0.2) is 0 Å². The van der Waals surface area contributed by atoms with Gasteiger partial charge in [0.05, 0.1) is 11.7 Å². The summed E-state index contributed by atoms with van der Waals surface area (Å²) in [5, 5.41) is 8.28. The second kappa shape index (κ2) is 9.17. The summed E-state index contributed by atoms with van der Waals surface area (Å²) in [4.78, 5) is 0. The lowest BCUT2D eigenvalue weighted by Gasteiger charge is -2.19. The predicted octanol–water partition coefficient (Wildman–Crippen LogP) is 4.06. The van der Waals surface area contributed by atoms with Crippen LogP contribution in [0.4, 0.5) is 0 Å². The summed E-state index contributed by atoms with van der Waals surface area (Å²) < 4.78 is 2.15. The molecule has 0 spiro atoms. The molecule has 3 nitrogen and oxygen atoms in total. The Morgan fingerprint density at radius 2 is 1.85 bits per heavy atom. The highest BCUT2D eigenvalue weighted by atomic mass is 15.3. The van der Waals surface area contributed by atoms with Gasteiger partial charge in [-0.25, -0.2) is 0 Å². The summed E-state index contributed by atoms with van der Waals surface area (Å²) in [5.41, 5.74) is 1.24. The summed E-state index contributed by atoms with van der Waals surface area (Å²) in [6.45, 7) is 13.6. The molecule has 0 aliphatic heterocycles. The monoisotopic (exact) mass is 279 g/mol. The van der Waals surface area contributed by atoms with Crippen LogP contribution in [0, 0.1) is 11.8 Å². The molecule has 0 aliphatic carbocycles. The average molecular weight is 279 g/mol. The van der Waals surface area contributed by atoms with E-state index in [2.05, 4.69) is 56.9 Å². The fraction of sp³-hybridized carbons (Fsp3) is 0.824. The lowest BCUT2D eigenvalue weighted by atomic mass is 9.91. The van der Waals surface area contributed by atoms with E-state index >= 15 is 0 Å². The largest absolute Gasteiger partial charge is 0.316 e. The number of hydrogen-bond donors (Lipinski definition) is 1. The van der Waals surface area contributed by atoms with Gasteiger partial charge in [-0.05, 0) is 56.7 Å². The second-order valence-electron chi connectivity index (χ2n) is 6.12. The van der Waals surface area contributed by atoms with E-state index in [-0.39, 0.29) is 0 Å². The molecule has 1 heterocycles. The summed E-state index contributed by atoms with van der Waals surface area (Å²) in [6, 6.07) is 2.75. The first-order valence-electron chi connectivity index (χ1n) is 8.37. The van der Waals surface area contributed by atoms with Crippen LogP contribution in [0.15, 0.2) is 12.3 Å². The van der Waals surface area contributed by atoms with Gasteiger partial charge in [0, 0.05) is 6.20 Å².